The Bertz CT molecular complexity index is 474. The minimum Gasteiger partial charge on any atom is -0.481 e. The molecule has 0 aromatic carbocycles. The number of carboxylic acid groups (broad SMARTS) is 1. The minimum absolute atomic E-state index is 0.0760. The first-order valence-corrected chi connectivity index (χ1v) is 7.08. The van der Waals surface area contributed by atoms with Crippen LogP contribution in [-0.4, -0.2) is 31.6 Å². The van der Waals surface area contributed by atoms with Gasteiger partial charge in [-0.25, -0.2) is 9.89 Å². The second-order valence-corrected chi connectivity index (χ2v) is 5.72. The Morgan fingerprint density at radius 3 is 2.78 bits per heavy atom. The first-order valence-electron chi connectivity index (χ1n) is 6.09. The third-order valence-corrected chi connectivity index (χ3v) is 4.28. The Hall–Kier alpha value is -1.24. The highest BCUT2D eigenvalue weighted by molar-refractivity contribution is 7.99. The predicted octanol–water partition coefficient (Wildman–Crippen LogP) is 1.50. The molecule has 100 valence electrons. The fraction of sp³-hybridized carbons (Fsp3) is 0.727. The summed E-state index contributed by atoms with van der Waals surface area (Å²) in [5.74, 6) is -0.272. The molecule has 0 bridgehead atoms. The molecule has 2 rings (SSSR count). The molecule has 0 atom stereocenters. The van der Waals surface area contributed by atoms with Crippen molar-refractivity contribution in [2.45, 2.75) is 43.8 Å². The molecule has 6 nitrogen and oxygen atoms in total. The quantitative estimate of drug-likeness (QED) is 0.810. The van der Waals surface area contributed by atoms with Gasteiger partial charge in [0.2, 0.25) is 0 Å². The molecule has 0 saturated heterocycles. The molecule has 1 aromatic rings. The molecule has 1 heterocycles. The average molecular weight is 271 g/mol. The van der Waals surface area contributed by atoms with E-state index in [-0.39, 0.29) is 17.5 Å². The molecule has 0 unspecified atom stereocenters. The number of hydrogen-bond acceptors (Lipinski definition) is 4. The Labute approximate surface area is 109 Å². The van der Waals surface area contributed by atoms with Gasteiger partial charge in [-0.15, -0.1) is 5.10 Å². The van der Waals surface area contributed by atoms with Gasteiger partial charge in [-0.1, -0.05) is 18.7 Å². The molecule has 1 aliphatic carbocycles. The lowest BCUT2D eigenvalue weighted by molar-refractivity contribution is -0.133. The number of aromatic amines is 1. The van der Waals surface area contributed by atoms with Crippen LogP contribution >= 0.6 is 11.8 Å². The lowest BCUT2D eigenvalue weighted by Gasteiger charge is -2.27. The molecule has 1 saturated carbocycles. The highest BCUT2D eigenvalue weighted by atomic mass is 32.2. The van der Waals surface area contributed by atoms with Crippen molar-refractivity contribution in [3.05, 3.63) is 10.5 Å². The maximum atomic E-state index is 11.7. The predicted molar refractivity (Wildman–Crippen MR) is 67.9 cm³/mol. The highest BCUT2D eigenvalue weighted by Crippen LogP contribution is 2.32. The van der Waals surface area contributed by atoms with Crippen LogP contribution in [0.4, 0.5) is 0 Å². The summed E-state index contributed by atoms with van der Waals surface area (Å²) >= 11 is 1.09. The van der Waals surface area contributed by atoms with Gasteiger partial charge in [0.05, 0.1) is 5.75 Å². The summed E-state index contributed by atoms with van der Waals surface area (Å²) in [5, 5.41) is 15.5. The lowest BCUT2D eigenvalue weighted by Crippen LogP contribution is -2.26. The largest absolute Gasteiger partial charge is 0.481 e. The molecule has 1 aliphatic rings. The summed E-state index contributed by atoms with van der Waals surface area (Å²) in [6.07, 6.45) is 4.12. The molecule has 0 amide bonds. The second-order valence-electron chi connectivity index (χ2n) is 4.78. The molecule has 1 aromatic heterocycles. The zero-order chi connectivity index (χ0) is 13.1. The van der Waals surface area contributed by atoms with Gasteiger partial charge >= 0.3 is 11.7 Å². The van der Waals surface area contributed by atoms with E-state index >= 15 is 0 Å². The highest BCUT2D eigenvalue weighted by Gasteiger charge is 2.24. The molecule has 18 heavy (non-hydrogen) atoms. The van der Waals surface area contributed by atoms with Crippen molar-refractivity contribution in [2.75, 3.05) is 5.75 Å². The van der Waals surface area contributed by atoms with E-state index in [1.165, 1.54) is 0 Å². The monoisotopic (exact) mass is 271 g/mol. The summed E-state index contributed by atoms with van der Waals surface area (Å²) in [4.78, 5) is 22.3. The Balaban J connectivity index is 2.13. The van der Waals surface area contributed by atoms with E-state index in [0.717, 1.165) is 37.4 Å². The second kappa shape index (κ2) is 5.60. The van der Waals surface area contributed by atoms with Crippen LogP contribution in [-0.2, 0) is 4.79 Å². The van der Waals surface area contributed by atoms with Crippen LogP contribution in [0, 0.1) is 5.92 Å². The van der Waals surface area contributed by atoms with Crippen molar-refractivity contribution in [3.8, 4) is 0 Å². The van der Waals surface area contributed by atoms with Crippen LogP contribution in [0.25, 0.3) is 0 Å². The first-order chi connectivity index (χ1) is 8.58. The fourth-order valence-corrected chi connectivity index (χ4v) is 3.07. The van der Waals surface area contributed by atoms with Crippen molar-refractivity contribution in [3.63, 3.8) is 0 Å². The van der Waals surface area contributed by atoms with Crippen molar-refractivity contribution in [1.82, 2.24) is 14.8 Å². The number of aromatic nitrogens is 3. The van der Waals surface area contributed by atoms with E-state index in [4.69, 9.17) is 5.11 Å². The maximum Gasteiger partial charge on any atom is 0.344 e. The Morgan fingerprint density at radius 2 is 2.17 bits per heavy atom. The van der Waals surface area contributed by atoms with Crippen LogP contribution in [0.1, 0.15) is 38.6 Å². The van der Waals surface area contributed by atoms with E-state index in [1.54, 1.807) is 4.57 Å². The van der Waals surface area contributed by atoms with Crippen LogP contribution in [0.2, 0.25) is 0 Å². The van der Waals surface area contributed by atoms with Gasteiger partial charge in [-0.05, 0) is 31.6 Å². The lowest BCUT2D eigenvalue weighted by atomic mass is 9.87. The van der Waals surface area contributed by atoms with Crippen molar-refractivity contribution in [1.29, 1.82) is 0 Å². The molecule has 1 fully saturated rings. The van der Waals surface area contributed by atoms with E-state index in [9.17, 15) is 9.59 Å². The summed E-state index contributed by atoms with van der Waals surface area (Å²) in [6, 6.07) is 0.156. The average Bonchev–Trinajstić information content (AvgIpc) is 2.69. The summed E-state index contributed by atoms with van der Waals surface area (Å²) < 4.78 is 1.62. The SMILES string of the molecule is CC1CCC(n2c(SCC(=O)O)n[nH]c2=O)CC1. The van der Waals surface area contributed by atoms with Crippen molar-refractivity contribution >= 4 is 17.7 Å². The third kappa shape index (κ3) is 2.95. The van der Waals surface area contributed by atoms with Crippen LogP contribution in [0.5, 0.6) is 0 Å². The minimum atomic E-state index is -0.903. The number of nitrogens with zero attached hydrogens (tertiary/aromatic N) is 2. The van der Waals surface area contributed by atoms with Crippen LogP contribution in [0.3, 0.4) is 0 Å². The van der Waals surface area contributed by atoms with E-state index < -0.39 is 5.97 Å². The summed E-state index contributed by atoms with van der Waals surface area (Å²) in [5.41, 5.74) is -0.234. The molecule has 7 heteroatoms. The molecular formula is C11H17N3O3S. The molecule has 2 N–H and O–H groups in total. The van der Waals surface area contributed by atoms with Gasteiger partial charge in [-0.3, -0.25) is 9.36 Å². The van der Waals surface area contributed by atoms with Gasteiger partial charge in [-0.2, -0.15) is 0 Å². The summed E-state index contributed by atoms with van der Waals surface area (Å²) in [6.45, 7) is 2.22. The standard InChI is InChI=1S/C11H17N3O3S/c1-7-2-4-8(5-3-7)14-10(17)12-13-11(14)18-6-9(15)16/h7-8H,2-6H2,1H3,(H,12,17)(H,15,16). The maximum absolute atomic E-state index is 11.7. The molecule has 0 radical (unpaired) electrons. The number of carboxylic acids is 1. The van der Waals surface area contributed by atoms with Crippen LogP contribution in [0.15, 0.2) is 9.95 Å². The van der Waals surface area contributed by atoms with Crippen molar-refractivity contribution < 1.29 is 9.90 Å². The number of rotatable bonds is 4. The van der Waals surface area contributed by atoms with E-state index in [0.29, 0.717) is 11.1 Å². The van der Waals surface area contributed by atoms with E-state index in [1.807, 2.05) is 0 Å². The molecular weight excluding hydrogens is 254 g/mol. The van der Waals surface area contributed by atoms with Gasteiger partial charge in [0.15, 0.2) is 5.16 Å². The third-order valence-electron chi connectivity index (χ3n) is 3.35. The van der Waals surface area contributed by atoms with E-state index in [2.05, 4.69) is 17.1 Å². The number of H-pyrrole nitrogens is 1. The number of thioether (sulfide) groups is 1. The van der Waals surface area contributed by atoms with Gasteiger partial charge in [0, 0.05) is 6.04 Å². The fourth-order valence-electron chi connectivity index (χ4n) is 2.34. The number of aliphatic carboxylic acids is 1. The zero-order valence-electron chi connectivity index (χ0n) is 10.3. The van der Waals surface area contributed by atoms with Crippen LogP contribution < -0.4 is 5.69 Å². The van der Waals surface area contributed by atoms with Gasteiger partial charge < -0.3 is 5.11 Å². The number of carbonyl (C=O) groups is 1. The number of hydrogen-bond donors (Lipinski definition) is 2. The van der Waals surface area contributed by atoms with Gasteiger partial charge in [0.25, 0.3) is 0 Å². The number of nitrogens with one attached hydrogen (secondary N) is 1. The van der Waals surface area contributed by atoms with Gasteiger partial charge in [0.1, 0.15) is 0 Å². The zero-order valence-corrected chi connectivity index (χ0v) is 11.1. The Kier molecular flexibility index (Phi) is 4.11. The smallest absolute Gasteiger partial charge is 0.344 e. The Morgan fingerprint density at radius 1 is 1.50 bits per heavy atom. The molecule has 0 aliphatic heterocycles. The first kappa shape index (κ1) is 13.2. The normalized spacial score (nSPS) is 24.1. The summed E-state index contributed by atoms with van der Waals surface area (Å²) in [7, 11) is 0. The topological polar surface area (TPSA) is 88.0 Å². The van der Waals surface area contributed by atoms with Crippen molar-refractivity contribution in [2.24, 2.45) is 5.92 Å². The molecule has 0 spiro atoms.